The van der Waals surface area contributed by atoms with Gasteiger partial charge < -0.3 is 5.73 Å². The fraction of sp³-hybridized carbons (Fsp3) is 0.600. The van der Waals surface area contributed by atoms with Crippen molar-refractivity contribution in [2.75, 3.05) is 19.8 Å². The van der Waals surface area contributed by atoms with Gasteiger partial charge in [0.05, 0.1) is 19.3 Å². The van der Waals surface area contributed by atoms with Gasteiger partial charge in [-0.15, -0.1) is 0 Å². The Hall–Kier alpha value is -0.610. The minimum absolute atomic E-state index is 0.145. The molecule has 0 saturated heterocycles. The minimum Gasteiger partial charge on any atom is -0.328 e. The van der Waals surface area contributed by atoms with Gasteiger partial charge in [0.2, 0.25) is 0 Å². The van der Waals surface area contributed by atoms with E-state index in [0.29, 0.717) is 19.8 Å². The molecule has 0 aromatic rings. The minimum atomic E-state index is -3.25. The summed E-state index contributed by atoms with van der Waals surface area (Å²) in [5, 5.41) is 0. The van der Waals surface area contributed by atoms with Crippen molar-refractivity contribution in [2.45, 2.75) is 19.9 Å². The van der Waals surface area contributed by atoms with Crippen LogP contribution >= 0.6 is 7.75 Å². The zero-order valence-corrected chi connectivity index (χ0v) is 10.6. The van der Waals surface area contributed by atoms with E-state index in [4.69, 9.17) is 14.8 Å². The topological polar surface area (TPSA) is 64.8 Å². The summed E-state index contributed by atoms with van der Waals surface area (Å²) in [4.78, 5) is 0. The van der Waals surface area contributed by atoms with Crippen molar-refractivity contribution in [1.82, 2.24) is 4.67 Å². The molecule has 0 radical (unpaired) electrons. The van der Waals surface area contributed by atoms with Crippen LogP contribution < -0.4 is 5.73 Å². The maximum absolute atomic E-state index is 12.5. The third-order valence-corrected chi connectivity index (χ3v) is 4.30. The monoisotopic (exact) mass is 246 g/mol. The van der Waals surface area contributed by atoms with Crippen LogP contribution in [0.3, 0.4) is 0 Å². The average Bonchev–Trinajstić information content (AvgIpc) is 2.29. The molecule has 1 rings (SSSR count). The molecule has 0 aromatic heterocycles. The van der Waals surface area contributed by atoms with E-state index in [0.717, 1.165) is 0 Å². The van der Waals surface area contributed by atoms with E-state index >= 15 is 0 Å². The number of rotatable bonds is 6. The molecular formula is C10H19N2O3P. The second-order valence-electron chi connectivity index (χ2n) is 3.21. The molecular weight excluding hydrogens is 227 g/mol. The van der Waals surface area contributed by atoms with E-state index in [9.17, 15) is 4.57 Å². The molecule has 2 N–H and O–H groups in total. The third kappa shape index (κ3) is 2.95. The number of allylic oxidation sites excluding steroid dienone is 2. The summed E-state index contributed by atoms with van der Waals surface area (Å²) in [6, 6.07) is -0.145. The maximum atomic E-state index is 12.5. The van der Waals surface area contributed by atoms with Crippen molar-refractivity contribution >= 4 is 7.75 Å². The lowest BCUT2D eigenvalue weighted by molar-refractivity contribution is 0.176. The van der Waals surface area contributed by atoms with Gasteiger partial charge in [0.25, 0.3) is 0 Å². The smallest absolute Gasteiger partial charge is 0.328 e. The molecule has 0 aliphatic carbocycles. The van der Waals surface area contributed by atoms with Crippen LogP contribution in [0, 0.1) is 0 Å². The van der Waals surface area contributed by atoms with Crippen molar-refractivity contribution in [3.63, 3.8) is 0 Å². The van der Waals surface area contributed by atoms with Crippen molar-refractivity contribution < 1.29 is 13.6 Å². The highest BCUT2D eigenvalue weighted by Gasteiger charge is 2.35. The van der Waals surface area contributed by atoms with Gasteiger partial charge in [-0.25, -0.2) is 4.57 Å². The molecule has 1 heterocycles. The van der Waals surface area contributed by atoms with Gasteiger partial charge in [-0.3, -0.25) is 13.7 Å². The molecule has 0 saturated carbocycles. The summed E-state index contributed by atoms with van der Waals surface area (Å²) in [6.07, 6.45) is 7.24. The lowest BCUT2D eigenvalue weighted by Gasteiger charge is -2.34. The first kappa shape index (κ1) is 13.5. The van der Waals surface area contributed by atoms with Crippen molar-refractivity contribution in [3.8, 4) is 0 Å². The molecule has 6 heteroatoms. The van der Waals surface area contributed by atoms with Crippen LogP contribution in [0.2, 0.25) is 0 Å². The Labute approximate surface area is 96.5 Å². The normalized spacial score (nSPS) is 20.4. The van der Waals surface area contributed by atoms with Gasteiger partial charge in [0, 0.05) is 12.7 Å². The van der Waals surface area contributed by atoms with E-state index in [1.807, 2.05) is 12.2 Å². The predicted octanol–water partition coefficient (Wildman–Crippen LogP) is 1.88. The van der Waals surface area contributed by atoms with E-state index < -0.39 is 7.75 Å². The summed E-state index contributed by atoms with van der Waals surface area (Å²) < 4.78 is 24.6. The summed E-state index contributed by atoms with van der Waals surface area (Å²) in [6.45, 7) is 4.61. The molecule has 5 nitrogen and oxygen atoms in total. The van der Waals surface area contributed by atoms with Crippen LogP contribution in [0.4, 0.5) is 0 Å². The number of hydrogen-bond acceptors (Lipinski definition) is 4. The number of nitrogens with zero attached hydrogens (tertiary/aromatic N) is 1. The first-order chi connectivity index (χ1) is 7.68. The molecule has 0 aromatic carbocycles. The van der Waals surface area contributed by atoms with Crippen molar-refractivity contribution in [3.05, 3.63) is 24.4 Å². The number of hydrogen-bond donors (Lipinski definition) is 1. The first-order valence-corrected chi connectivity index (χ1v) is 6.90. The van der Waals surface area contributed by atoms with Crippen LogP contribution in [-0.4, -0.2) is 30.5 Å². The third-order valence-electron chi connectivity index (χ3n) is 2.13. The Balaban J connectivity index is 2.88. The van der Waals surface area contributed by atoms with E-state index in [1.165, 1.54) is 0 Å². The average molecular weight is 246 g/mol. The van der Waals surface area contributed by atoms with Crippen LogP contribution in [-0.2, 0) is 13.6 Å². The predicted molar refractivity (Wildman–Crippen MR) is 63.8 cm³/mol. The van der Waals surface area contributed by atoms with Gasteiger partial charge >= 0.3 is 7.75 Å². The first-order valence-electron chi connectivity index (χ1n) is 5.41. The largest absolute Gasteiger partial charge is 0.435 e. The van der Waals surface area contributed by atoms with Crippen molar-refractivity contribution in [1.29, 1.82) is 0 Å². The van der Waals surface area contributed by atoms with E-state index in [1.54, 1.807) is 30.8 Å². The van der Waals surface area contributed by atoms with Crippen LogP contribution in [0.5, 0.6) is 0 Å². The molecule has 1 aliphatic rings. The Bertz CT molecular complexity index is 307. The van der Waals surface area contributed by atoms with Crippen LogP contribution in [0.1, 0.15) is 13.8 Å². The zero-order chi connectivity index (χ0) is 12.0. The molecule has 0 fully saturated rings. The Morgan fingerprint density at radius 2 is 1.94 bits per heavy atom. The van der Waals surface area contributed by atoms with Crippen LogP contribution in [0.15, 0.2) is 24.4 Å². The molecule has 0 spiro atoms. The lowest BCUT2D eigenvalue weighted by atomic mass is 10.2. The summed E-state index contributed by atoms with van der Waals surface area (Å²) in [5.74, 6) is 0. The molecule has 0 bridgehead atoms. The maximum Gasteiger partial charge on any atom is 0.435 e. The van der Waals surface area contributed by atoms with Gasteiger partial charge in [-0.1, -0.05) is 12.2 Å². The van der Waals surface area contributed by atoms with Gasteiger partial charge in [-0.2, -0.15) is 0 Å². The van der Waals surface area contributed by atoms with Gasteiger partial charge in [0.1, 0.15) is 0 Å². The highest BCUT2D eigenvalue weighted by Crippen LogP contribution is 2.53. The van der Waals surface area contributed by atoms with E-state index in [2.05, 4.69) is 0 Å². The fourth-order valence-electron chi connectivity index (χ4n) is 1.48. The molecule has 92 valence electrons. The fourth-order valence-corrected chi connectivity index (χ4v) is 3.24. The zero-order valence-electron chi connectivity index (χ0n) is 9.70. The SMILES string of the molecule is CCOP(=O)(OCC)N1C=CC=CC1CN. The van der Waals surface area contributed by atoms with Crippen LogP contribution in [0.25, 0.3) is 0 Å². The highest BCUT2D eigenvalue weighted by atomic mass is 31.2. The Morgan fingerprint density at radius 1 is 1.31 bits per heavy atom. The van der Waals surface area contributed by atoms with Gasteiger partial charge in [-0.05, 0) is 19.9 Å². The summed E-state index contributed by atoms with van der Waals surface area (Å²) in [7, 11) is -3.25. The molecule has 16 heavy (non-hydrogen) atoms. The molecule has 1 aliphatic heterocycles. The van der Waals surface area contributed by atoms with Gasteiger partial charge in [0.15, 0.2) is 0 Å². The molecule has 1 unspecified atom stereocenters. The van der Waals surface area contributed by atoms with E-state index in [-0.39, 0.29) is 6.04 Å². The quantitative estimate of drug-likeness (QED) is 0.725. The number of nitrogens with two attached hydrogens (primary N) is 1. The highest BCUT2D eigenvalue weighted by molar-refractivity contribution is 7.51. The summed E-state index contributed by atoms with van der Waals surface area (Å²) in [5.41, 5.74) is 5.62. The second kappa shape index (κ2) is 6.21. The van der Waals surface area contributed by atoms with Crippen molar-refractivity contribution in [2.24, 2.45) is 5.73 Å². The second-order valence-corrected chi connectivity index (χ2v) is 5.13. The summed E-state index contributed by atoms with van der Waals surface area (Å²) >= 11 is 0. The molecule has 0 amide bonds. The Kier molecular flexibility index (Phi) is 5.22. The molecule has 1 atom stereocenters. The standard InChI is InChI=1S/C10H19N2O3P/c1-3-14-16(13,15-4-2)12-8-6-5-7-10(12)9-11/h5-8,10H,3-4,9,11H2,1-2H3. The lowest BCUT2D eigenvalue weighted by Crippen LogP contribution is -2.35. The Morgan fingerprint density at radius 3 is 2.44 bits per heavy atom.